The van der Waals surface area contributed by atoms with E-state index in [0.29, 0.717) is 11.8 Å². The van der Waals surface area contributed by atoms with E-state index in [1.54, 1.807) is 6.20 Å². The Kier molecular flexibility index (Phi) is 4.14. The molecule has 0 unspecified atom stereocenters. The molecule has 3 aliphatic heterocycles. The van der Waals surface area contributed by atoms with Gasteiger partial charge in [-0.05, 0) is 50.2 Å². The number of nitrogens with zero attached hydrogens (tertiary/aromatic N) is 3. The van der Waals surface area contributed by atoms with E-state index in [9.17, 15) is 4.79 Å². The van der Waals surface area contributed by atoms with E-state index >= 15 is 0 Å². The Labute approximate surface area is 153 Å². The summed E-state index contributed by atoms with van der Waals surface area (Å²) in [5.41, 5.74) is 1.68. The van der Waals surface area contributed by atoms with Crippen molar-refractivity contribution in [3.63, 3.8) is 0 Å². The van der Waals surface area contributed by atoms with Gasteiger partial charge < -0.3 is 14.5 Å². The second-order valence-electron chi connectivity index (χ2n) is 7.92. The second-order valence-corrected chi connectivity index (χ2v) is 7.92. The Morgan fingerprint density at radius 3 is 2.96 bits per heavy atom. The molecule has 1 amide bonds. The zero-order chi connectivity index (χ0) is 17.5. The predicted octanol–water partition coefficient (Wildman–Crippen LogP) is 2.42. The number of pyridine rings is 1. The van der Waals surface area contributed by atoms with Gasteiger partial charge in [0.25, 0.3) is 5.91 Å². The average Bonchev–Trinajstić information content (AvgIpc) is 3.40. The van der Waals surface area contributed by atoms with E-state index in [4.69, 9.17) is 4.74 Å². The fourth-order valence-corrected chi connectivity index (χ4v) is 4.84. The van der Waals surface area contributed by atoms with Gasteiger partial charge in [-0.2, -0.15) is 0 Å². The Bertz CT molecular complexity index is 818. The highest BCUT2D eigenvalue weighted by Gasteiger charge is 2.45. The van der Waals surface area contributed by atoms with Crippen LogP contribution in [-0.4, -0.2) is 66.1 Å². The minimum absolute atomic E-state index is 0.119. The molecule has 3 aliphatic rings. The molecule has 3 atom stereocenters. The lowest BCUT2D eigenvalue weighted by atomic mass is 9.93. The standard InChI is InChI=1S/C21H25N3O2/c25-21(16-5-6-19-15(10-16)4-3-7-22-19)24-12-18-17(14-26-20(18)13-24)11-23-8-1-2-9-23/h3-7,10,17-18,20H,1-2,8-9,11-14H2/t17-,18-,20-/m0/s1. The van der Waals surface area contributed by atoms with E-state index in [2.05, 4.69) is 9.88 Å². The number of benzene rings is 1. The van der Waals surface area contributed by atoms with Crippen LogP contribution < -0.4 is 0 Å². The number of hydrogen-bond acceptors (Lipinski definition) is 4. The van der Waals surface area contributed by atoms with Crippen molar-refractivity contribution in [3.05, 3.63) is 42.1 Å². The molecule has 5 nitrogen and oxygen atoms in total. The van der Waals surface area contributed by atoms with Gasteiger partial charge >= 0.3 is 0 Å². The molecular weight excluding hydrogens is 326 g/mol. The number of aromatic nitrogens is 1. The number of carbonyl (C=O) groups excluding carboxylic acids is 1. The molecule has 5 heteroatoms. The van der Waals surface area contributed by atoms with Gasteiger partial charge in [-0.1, -0.05) is 6.07 Å². The Morgan fingerprint density at radius 2 is 2.08 bits per heavy atom. The molecule has 0 radical (unpaired) electrons. The van der Waals surface area contributed by atoms with Crippen LogP contribution in [0.4, 0.5) is 0 Å². The summed E-state index contributed by atoms with van der Waals surface area (Å²) in [6.07, 6.45) is 4.64. The molecule has 136 valence electrons. The number of hydrogen-bond donors (Lipinski definition) is 0. The molecule has 1 aromatic carbocycles. The van der Waals surface area contributed by atoms with Gasteiger partial charge in [-0.15, -0.1) is 0 Å². The maximum Gasteiger partial charge on any atom is 0.253 e. The summed E-state index contributed by atoms with van der Waals surface area (Å²) in [6.45, 7) is 5.99. The zero-order valence-corrected chi connectivity index (χ0v) is 15.0. The van der Waals surface area contributed by atoms with Crippen molar-refractivity contribution >= 4 is 16.8 Å². The van der Waals surface area contributed by atoms with Crippen molar-refractivity contribution in [2.24, 2.45) is 11.8 Å². The van der Waals surface area contributed by atoms with Gasteiger partial charge in [-0.25, -0.2) is 0 Å². The van der Waals surface area contributed by atoms with Crippen molar-refractivity contribution < 1.29 is 9.53 Å². The maximum absolute atomic E-state index is 13.0. The number of fused-ring (bicyclic) bond motifs is 2. The first-order valence-electron chi connectivity index (χ1n) is 9.76. The fraction of sp³-hybridized carbons (Fsp3) is 0.524. The first-order chi connectivity index (χ1) is 12.8. The van der Waals surface area contributed by atoms with E-state index in [1.807, 2.05) is 35.2 Å². The lowest BCUT2D eigenvalue weighted by molar-refractivity contribution is 0.0668. The molecular formula is C21H25N3O2. The van der Waals surface area contributed by atoms with E-state index in [0.717, 1.165) is 42.7 Å². The summed E-state index contributed by atoms with van der Waals surface area (Å²) in [6, 6.07) is 9.71. The van der Waals surface area contributed by atoms with Crippen LogP contribution in [0.3, 0.4) is 0 Å². The third kappa shape index (κ3) is 2.89. The highest BCUT2D eigenvalue weighted by Crippen LogP contribution is 2.35. The molecule has 0 aliphatic carbocycles. The van der Waals surface area contributed by atoms with Crippen molar-refractivity contribution in [2.75, 3.05) is 39.3 Å². The molecule has 0 bridgehead atoms. The Hall–Kier alpha value is -1.98. The zero-order valence-electron chi connectivity index (χ0n) is 15.0. The fourth-order valence-electron chi connectivity index (χ4n) is 4.84. The van der Waals surface area contributed by atoms with Crippen molar-refractivity contribution in [1.29, 1.82) is 0 Å². The molecule has 4 heterocycles. The molecule has 1 aromatic heterocycles. The third-order valence-corrected chi connectivity index (χ3v) is 6.27. The Morgan fingerprint density at radius 1 is 1.19 bits per heavy atom. The van der Waals surface area contributed by atoms with E-state index in [1.165, 1.54) is 25.9 Å². The van der Waals surface area contributed by atoms with Crippen LogP contribution in [0.25, 0.3) is 10.9 Å². The molecule has 0 N–H and O–H groups in total. The molecule has 2 aromatic rings. The quantitative estimate of drug-likeness (QED) is 0.852. The maximum atomic E-state index is 13.0. The van der Waals surface area contributed by atoms with Gasteiger partial charge in [0.2, 0.25) is 0 Å². The molecule has 26 heavy (non-hydrogen) atoms. The van der Waals surface area contributed by atoms with Crippen molar-refractivity contribution in [2.45, 2.75) is 18.9 Å². The molecule has 0 spiro atoms. The van der Waals surface area contributed by atoms with Crippen LogP contribution in [0.5, 0.6) is 0 Å². The third-order valence-electron chi connectivity index (χ3n) is 6.27. The van der Waals surface area contributed by atoms with Crippen molar-refractivity contribution in [1.82, 2.24) is 14.8 Å². The lowest BCUT2D eigenvalue weighted by Gasteiger charge is -2.24. The van der Waals surface area contributed by atoms with Gasteiger partial charge in [0.05, 0.1) is 18.2 Å². The summed E-state index contributed by atoms with van der Waals surface area (Å²) in [5.74, 6) is 1.17. The normalized spacial score (nSPS) is 28.8. The van der Waals surface area contributed by atoms with E-state index < -0.39 is 0 Å². The number of ether oxygens (including phenoxy) is 1. The molecule has 3 fully saturated rings. The van der Waals surface area contributed by atoms with Crippen LogP contribution >= 0.6 is 0 Å². The highest BCUT2D eigenvalue weighted by atomic mass is 16.5. The van der Waals surface area contributed by atoms with Crippen molar-refractivity contribution in [3.8, 4) is 0 Å². The summed E-state index contributed by atoms with van der Waals surface area (Å²) in [7, 11) is 0. The Balaban J connectivity index is 1.29. The highest BCUT2D eigenvalue weighted by molar-refractivity contribution is 5.98. The number of likely N-dealkylation sites (tertiary alicyclic amines) is 2. The summed E-state index contributed by atoms with van der Waals surface area (Å²) in [5, 5.41) is 1.01. The number of rotatable bonds is 3. The topological polar surface area (TPSA) is 45.7 Å². The summed E-state index contributed by atoms with van der Waals surface area (Å²) >= 11 is 0. The van der Waals surface area contributed by atoms with E-state index in [-0.39, 0.29) is 12.0 Å². The first kappa shape index (κ1) is 16.2. The van der Waals surface area contributed by atoms with Crippen LogP contribution in [0.15, 0.2) is 36.5 Å². The SMILES string of the molecule is O=C(c1ccc2ncccc2c1)N1C[C@H]2[C@@H](CN3CCCC3)CO[C@H]2C1. The summed E-state index contributed by atoms with van der Waals surface area (Å²) in [4.78, 5) is 21.9. The molecule has 5 rings (SSSR count). The summed E-state index contributed by atoms with van der Waals surface area (Å²) < 4.78 is 6.06. The van der Waals surface area contributed by atoms with Crippen LogP contribution in [0.2, 0.25) is 0 Å². The smallest absolute Gasteiger partial charge is 0.253 e. The monoisotopic (exact) mass is 351 g/mol. The second kappa shape index (κ2) is 6.63. The molecule has 3 saturated heterocycles. The minimum Gasteiger partial charge on any atom is -0.376 e. The number of amides is 1. The van der Waals surface area contributed by atoms with Gasteiger partial charge in [0.15, 0.2) is 0 Å². The first-order valence-corrected chi connectivity index (χ1v) is 9.76. The van der Waals surface area contributed by atoms with Gasteiger partial charge in [0.1, 0.15) is 0 Å². The molecule has 0 saturated carbocycles. The minimum atomic E-state index is 0.119. The number of carbonyl (C=O) groups is 1. The average molecular weight is 351 g/mol. The predicted molar refractivity (Wildman–Crippen MR) is 100 cm³/mol. The van der Waals surface area contributed by atoms with Gasteiger partial charge in [0, 0.05) is 48.6 Å². The van der Waals surface area contributed by atoms with Gasteiger partial charge in [-0.3, -0.25) is 9.78 Å². The van der Waals surface area contributed by atoms with Crippen LogP contribution in [0, 0.1) is 11.8 Å². The van der Waals surface area contributed by atoms with Crippen LogP contribution in [0.1, 0.15) is 23.2 Å². The largest absolute Gasteiger partial charge is 0.376 e. The lowest BCUT2D eigenvalue weighted by Crippen LogP contribution is -2.34. The van der Waals surface area contributed by atoms with Crippen LogP contribution in [-0.2, 0) is 4.74 Å².